The summed E-state index contributed by atoms with van der Waals surface area (Å²) in [5.41, 5.74) is 1.10. The van der Waals surface area contributed by atoms with E-state index in [1.807, 2.05) is 31.2 Å². The number of carbonyl (C=O) groups excluding carboxylic acids is 1. The third-order valence-electron chi connectivity index (χ3n) is 3.31. The summed E-state index contributed by atoms with van der Waals surface area (Å²) in [5, 5.41) is 8.86. The Kier molecular flexibility index (Phi) is 6.20. The lowest BCUT2D eigenvalue weighted by Crippen LogP contribution is -2.34. The summed E-state index contributed by atoms with van der Waals surface area (Å²) in [6, 6.07) is 7.88. The van der Waals surface area contributed by atoms with Crippen molar-refractivity contribution in [1.82, 2.24) is 4.90 Å². The Bertz CT molecular complexity index is 473. The molecular weight excluding hydrogens is 322 g/mol. The van der Waals surface area contributed by atoms with Crippen molar-refractivity contribution in [2.45, 2.75) is 26.2 Å². The van der Waals surface area contributed by atoms with Crippen molar-refractivity contribution < 1.29 is 14.7 Å². The van der Waals surface area contributed by atoms with Crippen LogP contribution in [0.3, 0.4) is 0 Å². The molecular formula is C15H20BrNO3. The maximum absolute atomic E-state index is 12.1. The second-order valence-electron chi connectivity index (χ2n) is 5.17. The second kappa shape index (κ2) is 7.43. The largest absolute Gasteiger partial charge is 0.481 e. The predicted molar refractivity (Wildman–Crippen MR) is 81.6 cm³/mol. The van der Waals surface area contributed by atoms with E-state index in [1.54, 1.807) is 14.0 Å². The van der Waals surface area contributed by atoms with Crippen LogP contribution in [0.1, 0.15) is 31.7 Å². The van der Waals surface area contributed by atoms with E-state index < -0.39 is 11.9 Å². The fourth-order valence-corrected chi connectivity index (χ4v) is 2.18. The zero-order valence-corrected chi connectivity index (χ0v) is 13.6. The zero-order chi connectivity index (χ0) is 15.3. The molecule has 4 nitrogen and oxygen atoms in total. The van der Waals surface area contributed by atoms with Crippen LogP contribution in [0.25, 0.3) is 0 Å². The molecule has 0 saturated carbocycles. The molecule has 2 unspecified atom stereocenters. The number of hydrogen-bond acceptors (Lipinski definition) is 2. The number of carboxylic acid groups (broad SMARTS) is 1. The third-order valence-corrected chi connectivity index (χ3v) is 3.84. The molecule has 0 heterocycles. The smallest absolute Gasteiger partial charge is 0.308 e. The molecule has 0 aromatic heterocycles. The Morgan fingerprint density at radius 1 is 1.25 bits per heavy atom. The summed E-state index contributed by atoms with van der Waals surface area (Å²) >= 11 is 3.38. The third kappa shape index (κ3) is 4.96. The minimum Gasteiger partial charge on any atom is -0.481 e. The molecule has 0 aliphatic heterocycles. The number of aliphatic carboxylic acids is 1. The van der Waals surface area contributed by atoms with Gasteiger partial charge in [0.2, 0.25) is 5.91 Å². The number of rotatable bonds is 6. The number of halogens is 1. The average Bonchev–Trinajstić information content (AvgIpc) is 2.38. The van der Waals surface area contributed by atoms with E-state index in [4.69, 9.17) is 5.11 Å². The summed E-state index contributed by atoms with van der Waals surface area (Å²) in [6.07, 6.45) is 0.379. The Labute approximate surface area is 127 Å². The lowest BCUT2D eigenvalue weighted by atomic mass is 9.97. The molecule has 2 atom stereocenters. The van der Waals surface area contributed by atoms with Crippen molar-refractivity contribution in [3.63, 3.8) is 0 Å². The second-order valence-corrected chi connectivity index (χ2v) is 6.09. The molecule has 0 saturated heterocycles. The Hall–Kier alpha value is -1.36. The lowest BCUT2D eigenvalue weighted by molar-refractivity contribution is -0.142. The monoisotopic (exact) mass is 341 g/mol. The van der Waals surface area contributed by atoms with E-state index in [9.17, 15) is 9.59 Å². The molecule has 20 heavy (non-hydrogen) atoms. The highest BCUT2D eigenvalue weighted by molar-refractivity contribution is 9.10. The van der Waals surface area contributed by atoms with Gasteiger partial charge in [-0.25, -0.2) is 0 Å². The van der Waals surface area contributed by atoms with Gasteiger partial charge in [-0.15, -0.1) is 0 Å². The molecule has 1 aromatic carbocycles. The molecule has 1 N–H and O–H groups in total. The number of nitrogens with zero attached hydrogens (tertiary/aromatic N) is 1. The summed E-state index contributed by atoms with van der Waals surface area (Å²) < 4.78 is 1.01. The maximum Gasteiger partial charge on any atom is 0.308 e. The Morgan fingerprint density at radius 2 is 1.80 bits per heavy atom. The first-order valence-electron chi connectivity index (χ1n) is 6.53. The van der Waals surface area contributed by atoms with Crippen molar-refractivity contribution in [3.05, 3.63) is 34.3 Å². The number of carbonyl (C=O) groups is 2. The van der Waals surface area contributed by atoms with Crippen LogP contribution < -0.4 is 0 Å². The minimum absolute atomic E-state index is 0.0338. The van der Waals surface area contributed by atoms with Crippen LogP contribution in [-0.4, -0.2) is 35.5 Å². The lowest BCUT2D eigenvalue weighted by Gasteiger charge is -2.21. The normalized spacial score (nSPS) is 13.6. The fraction of sp³-hybridized carbons (Fsp3) is 0.467. The maximum atomic E-state index is 12.1. The molecule has 1 rings (SSSR count). The number of hydrogen-bond donors (Lipinski definition) is 1. The van der Waals surface area contributed by atoms with Gasteiger partial charge >= 0.3 is 5.97 Å². The van der Waals surface area contributed by atoms with Crippen molar-refractivity contribution in [2.75, 3.05) is 13.6 Å². The van der Waals surface area contributed by atoms with Gasteiger partial charge in [-0.05, 0) is 23.6 Å². The van der Waals surface area contributed by atoms with Gasteiger partial charge in [0.05, 0.1) is 5.92 Å². The van der Waals surface area contributed by atoms with Gasteiger partial charge < -0.3 is 10.0 Å². The SMILES string of the molecule is CC(CN(C)C(=O)CC(C)c1ccc(Br)cc1)C(=O)O. The topological polar surface area (TPSA) is 57.6 Å². The number of benzene rings is 1. The van der Waals surface area contributed by atoms with Gasteiger partial charge in [0.25, 0.3) is 0 Å². The average molecular weight is 342 g/mol. The first-order chi connectivity index (χ1) is 9.31. The van der Waals surface area contributed by atoms with E-state index in [-0.39, 0.29) is 18.4 Å². The number of amides is 1. The first kappa shape index (κ1) is 16.7. The Morgan fingerprint density at radius 3 is 2.30 bits per heavy atom. The molecule has 5 heteroatoms. The van der Waals surface area contributed by atoms with Gasteiger partial charge in [0, 0.05) is 24.5 Å². The standard InChI is InChI=1S/C15H20BrNO3/c1-10(12-4-6-13(16)7-5-12)8-14(18)17(3)9-11(2)15(19)20/h4-7,10-11H,8-9H2,1-3H3,(H,19,20). The highest BCUT2D eigenvalue weighted by Gasteiger charge is 2.19. The molecule has 0 aliphatic rings. The zero-order valence-electron chi connectivity index (χ0n) is 12.0. The van der Waals surface area contributed by atoms with Crippen molar-refractivity contribution in [1.29, 1.82) is 0 Å². The van der Waals surface area contributed by atoms with Crippen LogP contribution in [-0.2, 0) is 9.59 Å². The summed E-state index contributed by atoms with van der Waals surface area (Å²) in [7, 11) is 1.65. The molecule has 0 aliphatic carbocycles. The van der Waals surface area contributed by atoms with Crippen LogP contribution >= 0.6 is 15.9 Å². The molecule has 0 fully saturated rings. The van der Waals surface area contributed by atoms with Crippen LogP contribution in [0, 0.1) is 5.92 Å². The number of carboxylic acids is 1. The highest BCUT2D eigenvalue weighted by Crippen LogP contribution is 2.22. The highest BCUT2D eigenvalue weighted by atomic mass is 79.9. The molecule has 0 bridgehead atoms. The molecule has 1 amide bonds. The molecule has 1 aromatic rings. The van der Waals surface area contributed by atoms with Crippen molar-refractivity contribution >= 4 is 27.8 Å². The molecule has 110 valence electrons. The van der Waals surface area contributed by atoms with Crippen LogP contribution in [0.5, 0.6) is 0 Å². The molecule has 0 radical (unpaired) electrons. The van der Waals surface area contributed by atoms with Gasteiger partial charge in [-0.3, -0.25) is 9.59 Å². The summed E-state index contributed by atoms with van der Waals surface area (Å²) in [4.78, 5) is 24.4. The Balaban J connectivity index is 2.56. The fourth-order valence-electron chi connectivity index (χ4n) is 1.92. The summed E-state index contributed by atoms with van der Waals surface area (Å²) in [6.45, 7) is 3.83. The molecule has 0 spiro atoms. The van der Waals surface area contributed by atoms with Gasteiger partial charge in [-0.2, -0.15) is 0 Å². The van der Waals surface area contributed by atoms with E-state index in [1.165, 1.54) is 4.90 Å². The van der Waals surface area contributed by atoms with Crippen molar-refractivity contribution in [3.8, 4) is 0 Å². The summed E-state index contributed by atoms with van der Waals surface area (Å²) in [5.74, 6) is -1.36. The van der Waals surface area contributed by atoms with E-state index in [0.717, 1.165) is 10.0 Å². The van der Waals surface area contributed by atoms with Gasteiger partial charge in [-0.1, -0.05) is 41.9 Å². The van der Waals surface area contributed by atoms with Gasteiger partial charge in [0.1, 0.15) is 0 Å². The van der Waals surface area contributed by atoms with Crippen LogP contribution in [0.4, 0.5) is 0 Å². The quantitative estimate of drug-likeness (QED) is 0.864. The van der Waals surface area contributed by atoms with Gasteiger partial charge in [0.15, 0.2) is 0 Å². The van der Waals surface area contributed by atoms with E-state index in [0.29, 0.717) is 6.42 Å². The predicted octanol–water partition coefficient (Wildman–Crippen LogP) is 3.12. The van der Waals surface area contributed by atoms with E-state index >= 15 is 0 Å². The van der Waals surface area contributed by atoms with E-state index in [2.05, 4.69) is 15.9 Å². The van der Waals surface area contributed by atoms with Crippen molar-refractivity contribution in [2.24, 2.45) is 5.92 Å². The first-order valence-corrected chi connectivity index (χ1v) is 7.32. The van der Waals surface area contributed by atoms with Crippen LogP contribution in [0.15, 0.2) is 28.7 Å². The minimum atomic E-state index is -0.884. The van der Waals surface area contributed by atoms with Crippen LogP contribution in [0.2, 0.25) is 0 Å².